The monoisotopic (exact) mass is 607 g/mol. The maximum Gasteiger partial charge on any atom is 0.264 e. The molecular formula is C29H32Cl2FN3O4S. The van der Waals surface area contributed by atoms with Gasteiger partial charge in [0.1, 0.15) is 18.4 Å². The summed E-state index contributed by atoms with van der Waals surface area (Å²) in [6.07, 6.45) is 1.90. The maximum absolute atomic E-state index is 14.0. The van der Waals surface area contributed by atoms with Crippen LogP contribution in [0.25, 0.3) is 0 Å². The lowest BCUT2D eigenvalue weighted by Gasteiger charge is -2.33. The van der Waals surface area contributed by atoms with Gasteiger partial charge >= 0.3 is 0 Å². The molecule has 0 aliphatic heterocycles. The molecule has 0 radical (unpaired) electrons. The van der Waals surface area contributed by atoms with Crippen LogP contribution in [0.15, 0.2) is 77.7 Å². The number of hydrogen-bond acceptors (Lipinski definition) is 4. The summed E-state index contributed by atoms with van der Waals surface area (Å²) in [4.78, 5) is 28.5. The van der Waals surface area contributed by atoms with E-state index < -0.39 is 34.3 Å². The summed E-state index contributed by atoms with van der Waals surface area (Å²) >= 11 is 12.8. The number of halogens is 3. The van der Waals surface area contributed by atoms with E-state index in [0.717, 1.165) is 29.3 Å². The summed E-state index contributed by atoms with van der Waals surface area (Å²) in [5, 5.41) is 3.47. The fourth-order valence-corrected chi connectivity index (χ4v) is 6.09. The standard InChI is InChI=1S/C29H32Cl2FN3O4S/c1-3-5-18-33-29(37)27(4-2)34(19-24-25(30)12-9-13-26(24)31)28(36)20-35(22-16-14-21(32)15-17-22)40(38,39)23-10-7-6-8-11-23/h6-17,27H,3-5,18-20H2,1-2H3,(H,33,37)/t27-/m1/s1. The molecule has 0 aliphatic rings. The quantitative estimate of drug-likeness (QED) is 0.240. The topological polar surface area (TPSA) is 86.8 Å². The van der Waals surface area contributed by atoms with E-state index in [1.807, 2.05) is 6.92 Å². The van der Waals surface area contributed by atoms with Crippen molar-refractivity contribution in [2.24, 2.45) is 0 Å². The Labute approximate surface area is 244 Å². The van der Waals surface area contributed by atoms with E-state index >= 15 is 0 Å². The van der Waals surface area contributed by atoms with Crippen LogP contribution in [0.2, 0.25) is 10.0 Å². The first kappa shape index (κ1) is 31.4. The second-order valence-electron chi connectivity index (χ2n) is 9.09. The molecule has 0 heterocycles. The van der Waals surface area contributed by atoms with Crippen molar-refractivity contribution in [1.29, 1.82) is 0 Å². The third-order valence-electron chi connectivity index (χ3n) is 6.33. The highest BCUT2D eigenvalue weighted by molar-refractivity contribution is 7.92. The number of benzene rings is 3. The molecule has 1 N–H and O–H groups in total. The molecule has 3 aromatic carbocycles. The van der Waals surface area contributed by atoms with Gasteiger partial charge in [0.15, 0.2) is 0 Å². The fraction of sp³-hybridized carbons (Fsp3) is 0.310. The summed E-state index contributed by atoms with van der Waals surface area (Å²) in [5.74, 6) is -1.58. The van der Waals surface area contributed by atoms with Crippen molar-refractivity contribution in [3.8, 4) is 0 Å². The van der Waals surface area contributed by atoms with Gasteiger partial charge in [0, 0.05) is 28.7 Å². The second-order valence-corrected chi connectivity index (χ2v) is 11.8. The summed E-state index contributed by atoms with van der Waals surface area (Å²) in [7, 11) is -4.24. The second kappa shape index (κ2) is 14.5. The van der Waals surface area contributed by atoms with Crippen molar-refractivity contribution in [2.45, 2.75) is 50.6 Å². The third-order valence-corrected chi connectivity index (χ3v) is 8.83. The molecule has 0 aliphatic carbocycles. The van der Waals surface area contributed by atoms with Gasteiger partial charge < -0.3 is 10.2 Å². The normalized spacial score (nSPS) is 12.0. The van der Waals surface area contributed by atoms with Crippen LogP contribution in [0.1, 0.15) is 38.7 Å². The highest BCUT2D eigenvalue weighted by Gasteiger charge is 2.34. The molecule has 2 amide bonds. The van der Waals surface area contributed by atoms with Crippen molar-refractivity contribution in [2.75, 3.05) is 17.4 Å². The summed E-state index contributed by atoms with van der Waals surface area (Å²) in [5.41, 5.74) is 0.521. The van der Waals surface area contributed by atoms with E-state index in [1.165, 1.54) is 29.2 Å². The Balaban J connectivity index is 2.06. The molecule has 214 valence electrons. The largest absolute Gasteiger partial charge is 0.354 e. The Morgan fingerprint density at radius 2 is 1.55 bits per heavy atom. The number of carbonyl (C=O) groups is 2. The van der Waals surface area contributed by atoms with Gasteiger partial charge in [-0.2, -0.15) is 0 Å². The molecule has 7 nitrogen and oxygen atoms in total. The van der Waals surface area contributed by atoms with E-state index in [0.29, 0.717) is 22.2 Å². The molecule has 40 heavy (non-hydrogen) atoms. The maximum atomic E-state index is 14.0. The molecule has 3 rings (SSSR count). The van der Waals surface area contributed by atoms with Crippen molar-refractivity contribution >= 4 is 50.7 Å². The molecule has 0 saturated heterocycles. The smallest absolute Gasteiger partial charge is 0.264 e. The highest BCUT2D eigenvalue weighted by Crippen LogP contribution is 2.29. The number of unbranched alkanes of at least 4 members (excludes halogenated alkanes) is 1. The minimum atomic E-state index is -4.24. The Morgan fingerprint density at radius 1 is 0.925 bits per heavy atom. The van der Waals surface area contributed by atoms with Crippen LogP contribution in [0.4, 0.5) is 10.1 Å². The average Bonchev–Trinajstić information content (AvgIpc) is 2.94. The van der Waals surface area contributed by atoms with Crippen molar-refractivity contribution in [3.63, 3.8) is 0 Å². The number of rotatable bonds is 13. The van der Waals surface area contributed by atoms with E-state index in [9.17, 15) is 22.4 Å². The number of nitrogens with zero attached hydrogens (tertiary/aromatic N) is 2. The number of nitrogens with one attached hydrogen (secondary N) is 1. The molecule has 0 unspecified atom stereocenters. The average molecular weight is 609 g/mol. The lowest BCUT2D eigenvalue weighted by atomic mass is 10.1. The summed E-state index contributed by atoms with van der Waals surface area (Å²) in [6, 6.07) is 16.4. The first-order valence-electron chi connectivity index (χ1n) is 12.9. The van der Waals surface area contributed by atoms with Crippen molar-refractivity contribution in [1.82, 2.24) is 10.2 Å². The van der Waals surface area contributed by atoms with Crippen LogP contribution in [-0.2, 0) is 26.2 Å². The fourth-order valence-electron chi connectivity index (χ4n) is 4.14. The molecule has 0 saturated carbocycles. The molecular weight excluding hydrogens is 576 g/mol. The Bertz CT molecular complexity index is 1390. The zero-order chi connectivity index (χ0) is 29.3. The van der Waals surface area contributed by atoms with Gasteiger partial charge in [0.25, 0.3) is 10.0 Å². The van der Waals surface area contributed by atoms with Crippen LogP contribution in [-0.4, -0.2) is 44.3 Å². The number of anilines is 1. The molecule has 0 bridgehead atoms. The zero-order valence-electron chi connectivity index (χ0n) is 22.3. The molecule has 0 fully saturated rings. The van der Waals surface area contributed by atoms with Crippen molar-refractivity contribution in [3.05, 3.63) is 94.2 Å². The SMILES string of the molecule is CCCCNC(=O)[C@@H](CC)N(Cc1c(Cl)cccc1Cl)C(=O)CN(c1ccc(F)cc1)S(=O)(=O)c1ccccc1. The van der Waals surface area contributed by atoms with Crippen LogP contribution < -0.4 is 9.62 Å². The van der Waals surface area contributed by atoms with Crippen LogP contribution in [0.3, 0.4) is 0 Å². The van der Waals surface area contributed by atoms with E-state index in [1.54, 1.807) is 43.3 Å². The Kier molecular flexibility index (Phi) is 11.4. The highest BCUT2D eigenvalue weighted by atomic mass is 35.5. The van der Waals surface area contributed by atoms with E-state index in [4.69, 9.17) is 23.2 Å². The lowest BCUT2D eigenvalue weighted by Crippen LogP contribution is -2.52. The Morgan fingerprint density at radius 3 is 2.12 bits per heavy atom. The van der Waals surface area contributed by atoms with Gasteiger partial charge in [-0.1, -0.05) is 67.7 Å². The number of sulfonamides is 1. The molecule has 0 spiro atoms. The Hall–Kier alpha value is -3.14. The minimum Gasteiger partial charge on any atom is -0.354 e. The predicted octanol–water partition coefficient (Wildman–Crippen LogP) is 6.05. The van der Waals surface area contributed by atoms with Gasteiger partial charge in [-0.15, -0.1) is 0 Å². The first-order chi connectivity index (χ1) is 19.1. The lowest BCUT2D eigenvalue weighted by molar-refractivity contribution is -0.140. The zero-order valence-corrected chi connectivity index (χ0v) is 24.6. The number of hydrogen-bond donors (Lipinski definition) is 1. The summed E-state index contributed by atoms with van der Waals surface area (Å²) < 4.78 is 42.1. The third kappa shape index (κ3) is 7.74. The predicted molar refractivity (Wildman–Crippen MR) is 156 cm³/mol. The van der Waals surface area contributed by atoms with Gasteiger partial charge in [0.2, 0.25) is 11.8 Å². The minimum absolute atomic E-state index is 0.0443. The van der Waals surface area contributed by atoms with Crippen molar-refractivity contribution < 1.29 is 22.4 Å². The molecule has 3 aromatic rings. The number of carbonyl (C=O) groups excluding carboxylic acids is 2. The van der Waals surface area contributed by atoms with E-state index in [2.05, 4.69) is 5.32 Å². The van der Waals surface area contributed by atoms with Gasteiger partial charge in [-0.05, 0) is 61.4 Å². The van der Waals surface area contributed by atoms with Gasteiger partial charge in [-0.25, -0.2) is 12.8 Å². The van der Waals surface area contributed by atoms with Gasteiger partial charge in [-0.3, -0.25) is 13.9 Å². The number of amides is 2. The van der Waals surface area contributed by atoms with Gasteiger partial charge in [0.05, 0.1) is 10.6 Å². The first-order valence-corrected chi connectivity index (χ1v) is 15.1. The van der Waals surface area contributed by atoms with E-state index in [-0.39, 0.29) is 29.5 Å². The molecule has 0 aromatic heterocycles. The molecule has 11 heteroatoms. The van der Waals surface area contributed by atoms with Crippen LogP contribution >= 0.6 is 23.2 Å². The summed E-state index contributed by atoms with van der Waals surface area (Å²) in [6.45, 7) is 3.42. The molecule has 1 atom stereocenters. The van der Waals surface area contributed by atoms with Crippen LogP contribution in [0.5, 0.6) is 0 Å². The van der Waals surface area contributed by atoms with Crippen LogP contribution in [0, 0.1) is 5.82 Å².